The predicted molar refractivity (Wildman–Crippen MR) is 122 cm³/mol. The summed E-state index contributed by atoms with van der Waals surface area (Å²) in [6.45, 7) is 3.96. The number of carbonyl (C=O) groups is 2. The molecule has 0 N–H and O–H groups in total. The highest BCUT2D eigenvalue weighted by molar-refractivity contribution is 7.13. The first kappa shape index (κ1) is 21.3. The summed E-state index contributed by atoms with van der Waals surface area (Å²) >= 11 is 7.79. The van der Waals surface area contributed by atoms with Crippen LogP contribution in [0.1, 0.15) is 13.8 Å². The molecule has 0 unspecified atom stereocenters. The lowest BCUT2D eigenvalue weighted by Gasteiger charge is -2.29. The number of benzene rings is 2. The largest absolute Gasteiger partial charge is 0.482 e. The minimum Gasteiger partial charge on any atom is -0.482 e. The van der Waals surface area contributed by atoms with Gasteiger partial charge in [0.05, 0.1) is 23.0 Å². The van der Waals surface area contributed by atoms with E-state index in [2.05, 4.69) is 0 Å². The maximum atomic E-state index is 12.5. The Morgan fingerprint density at radius 1 is 1.29 bits per heavy atom. The normalized spacial score (nSPS) is 13.2. The highest BCUT2D eigenvalue weighted by Gasteiger charge is 2.28. The Hall–Kier alpha value is -2.90. The number of halogens is 1. The number of fused-ring (bicyclic) bond motifs is 1. The number of amides is 1. The van der Waals surface area contributed by atoms with Crippen molar-refractivity contribution in [3.8, 4) is 27.6 Å². The van der Waals surface area contributed by atoms with Gasteiger partial charge in [-0.3, -0.25) is 14.5 Å². The highest BCUT2D eigenvalue weighted by atomic mass is 35.5. The van der Waals surface area contributed by atoms with Crippen LogP contribution in [-0.4, -0.2) is 36.6 Å². The molecule has 0 fully saturated rings. The summed E-state index contributed by atoms with van der Waals surface area (Å²) in [5.41, 5.74) is 2.96. The lowest BCUT2D eigenvalue weighted by atomic mass is 10.1. The second kappa shape index (κ2) is 9.08. The summed E-state index contributed by atoms with van der Waals surface area (Å²) in [6.07, 6.45) is 0. The van der Waals surface area contributed by atoms with Crippen molar-refractivity contribution >= 4 is 40.5 Å². The van der Waals surface area contributed by atoms with Crippen LogP contribution in [0.3, 0.4) is 0 Å². The number of carbonyl (C=O) groups excluding carboxylic acids is 2. The van der Waals surface area contributed by atoms with Crippen molar-refractivity contribution < 1.29 is 19.1 Å². The Morgan fingerprint density at radius 3 is 2.87 bits per heavy atom. The van der Waals surface area contributed by atoms with E-state index in [1.165, 1.54) is 16.2 Å². The number of hydrogen-bond acceptors (Lipinski definition) is 6. The molecule has 2 aromatic carbocycles. The van der Waals surface area contributed by atoms with Gasteiger partial charge in [-0.25, -0.2) is 4.98 Å². The van der Waals surface area contributed by atoms with Crippen molar-refractivity contribution in [2.45, 2.75) is 13.8 Å². The average molecular weight is 457 g/mol. The van der Waals surface area contributed by atoms with Gasteiger partial charge in [0, 0.05) is 16.5 Å². The maximum Gasteiger partial charge on any atom is 0.326 e. The van der Waals surface area contributed by atoms with Gasteiger partial charge in [-0.05, 0) is 30.2 Å². The molecule has 31 heavy (non-hydrogen) atoms. The Balaban J connectivity index is 1.61. The van der Waals surface area contributed by atoms with E-state index in [-0.39, 0.29) is 25.0 Å². The van der Waals surface area contributed by atoms with E-state index in [1.54, 1.807) is 6.07 Å². The molecule has 0 saturated carbocycles. The van der Waals surface area contributed by atoms with Gasteiger partial charge in [0.25, 0.3) is 5.91 Å². The Morgan fingerprint density at radius 2 is 2.10 bits per heavy atom. The summed E-state index contributed by atoms with van der Waals surface area (Å²) in [4.78, 5) is 30.8. The number of nitrogens with zero attached hydrogens (tertiary/aromatic N) is 2. The third-order valence-corrected chi connectivity index (χ3v) is 5.88. The Bertz CT molecular complexity index is 1130. The summed E-state index contributed by atoms with van der Waals surface area (Å²) in [5, 5.41) is 3.38. The first-order valence-electron chi connectivity index (χ1n) is 9.86. The third kappa shape index (κ3) is 4.73. The van der Waals surface area contributed by atoms with Crippen LogP contribution in [0.5, 0.6) is 5.75 Å². The molecule has 1 aliphatic rings. The molecule has 1 aliphatic heterocycles. The number of thiazole rings is 1. The van der Waals surface area contributed by atoms with Crippen molar-refractivity contribution in [1.29, 1.82) is 0 Å². The molecular formula is C23H21ClN2O4S. The zero-order chi connectivity index (χ0) is 22.0. The number of rotatable bonds is 6. The molecule has 1 aromatic heterocycles. The number of aromatic nitrogens is 1. The molecule has 0 saturated heterocycles. The van der Waals surface area contributed by atoms with Gasteiger partial charge in [0.15, 0.2) is 6.61 Å². The first-order chi connectivity index (χ1) is 14.9. The predicted octanol–water partition coefficient (Wildman–Crippen LogP) is 5.06. The molecule has 0 atom stereocenters. The summed E-state index contributed by atoms with van der Waals surface area (Å²) in [5.74, 6) is 0.0259. The highest BCUT2D eigenvalue weighted by Crippen LogP contribution is 2.38. The van der Waals surface area contributed by atoms with E-state index in [0.717, 1.165) is 21.8 Å². The monoisotopic (exact) mass is 456 g/mol. The van der Waals surface area contributed by atoms with E-state index < -0.39 is 5.97 Å². The SMILES string of the molecule is CC(C)COC(=O)CN1C(=O)COc2ccc(-c3csc(-c4ccccc4Cl)n3)cc21. The number of esters is 1. The molecule has 2 heterocycles. The van der Waals surface area contributed by atoms with Gasteiger partial charge in [-0.15, -0.1) is 11.3 Å². The first-order valence-corrected chi connectivity index (χ1v) is 11.1. The number of anilines is 1. The second-order valence-corrected chi connectivity index (χ2v) is 8.81. The molecular weight excluding hydrogens is 436 g/mol. The lowest BCUT2D eigenvalue weighted by molar-refractivity contribution is -0.144. The molecule has 0 bridgehead atoms. The van der Waals surface area contributed by atoms with Crippen molar-refractivity contribution in [1.82, 2.24) is 4.98 Å². The third-order valence-electron chi connectivity index (χ3n) is 4.67. The van der Waals surface area contributed by atoms with Gasteiger partial charge < -0.3 is 9.47 Å². The van der Waals surface area contributed by atoms with Crippen LogP contribution < -0.4 is 9.64 Å². The second-order valence-electron chi connectivity index (χ2n) is 7.55. The van der Waals surface area contributed by atoms with Crippen molar-refractivity contribution in [3.05, 3.63) is 52.9 Å². The van der Waals surface area contributed by atoms with E-state index in [4.69, 9.17) is 26.1 Å². The molecule has 4 rings (SSSR count). The number of hydrogen-bond donors (Lipinski definition) is 0. The van der Waals surface area contributed by atoms with Gasteiger partial charge in [0.2, 0.25) is 0 Å². The van der Waals surface area contributed by atoms with Crippen LogP contribution in [0.25, 0.3) is 21.8 Å². The zero-order valence-corrected chi connectivity index (χ0v) is 18.7. The molecule has 0 radical (unpaired) electrons. The Kier molecular flexibility index (Phi) is 6.25. The molecule has 0 spiro atoms. The van der Waals surface area contributed by atoms with E-state index in [9.17, 15) is 9.59 Å². The van der Waals surface area contributed by atoms with E-state index in [0.29, 0.717) is 23.1 Å². The lowest BCUT2D eigenvalue weighted by Crippen LogP contribution is -2.42. The minimum absolute atomic E-state index is 0.114. The van der Waals surface area contributed by atoms with Crippen molar-refractivity contribution in [3.63, 3.8) is 0 Å². The summed E-state index contributed by atoms with van der Waals surface area (Å²) < 4.78 is 10.8. The summed E-state index contributed by atoms with van der Waals surface area (Å²) in [6, 6.07) is 13.0. The van der Waals surface area contributed by atoms with E-state index >= 15 is 0 Å². The van der Waals surface area contributed by atoms with Gasteiger partial charge >= 0.3 is 5.97 Å². The van der Waals surface area contributed by atoms with Crippen LogP contribution in [-0.2, 0) is 14.3 Å². The van der Waals surface area contributed by atoms with Crippen molar-refractivity contribution in [2.24, 2.45) is 5.92 Å². The quantitative estimate of drug-likeness (QED) is 0.485. The fourth-order valence-corrected chi connectivity index (χ4v) is 4.28. The standard InChI is InChI=1S/C23H21ClN2O4S/c1-14(2)11-30-22(28)10-26-19-9-15(7-8-20(19)29-12-21(26)27)18-13-31-23(25-18)16-5-3-4-6-17(16)24/h3-9,13-14H,10-12H2,1-2H3. The van der Waals surface area contributed by atoms with Gasteiger partial charge in [-0.1, -0.05) is 43.6 Å². The van der Waals surface area contributed by atoms with Crippen LogP contribution in [0, 0.1) is 5.92 Å². The fourth-order valence-electron chi connectivity index (χ4n) is 3.13. The molecule has 1 amide bonds. The van der Waals surface area contributed by atoms with Gasteiger partial charge in [0.1, 0.15) is 17.3 Å². The molecule has 160 valence electrons. The van der Waals surface area contributed by atoms with Crippen LogP contribution in [0.15, 0.2) is 47.8 Å². The summed E-state index contributed by atoms with van der Waals surface area (Å²) in [7, 11) is 0. The number of ether oxygens (including phenoxy) is 2. The maximum absolute atomic E-state index is 12.5. The average Bonchev–Trinajstić information content (AvgIpc) is 3.24. The molecule has 3 aromatic rings. The Labute approximate surface area is 189 Å². The van der Waals surface area contributed by atoms with E-state index in [1.807, 2.05) is 55.6 Å². The van der Waals surface area contributed by atoms with Crippen molar-refractivity contribution in [2.75, 3.05) is 24.7 Å². The smallest absolute Gasteiger partial charge is 0.326 e. The van der Waals surface area contributed by atoms with Gasteiger partial charge in [-0.2, -0.15) is 0 Å². The minimum atomic E-state index is -0.449. The van der Waals surface area contributed by atoms with Crippen LogP contribution in [0.2, 0.25) is 5.02 Å². The molecule has 0 aliphatic carbocycles. The topological polar surface area (TPSA) is 68.7 Å². The molecule has 8 heteroatoms. The fraction of sp³-hybridized carbons (Fsp3) is 0.261. The zero-order valence-electron chi connectivity index (χ0n) is 17.1. The van der Waals surface area contributed by atoms with Crippen LogP contribution >= 0.6 is 22.9 Å². The molecule has 6 nitrogen and oxygen atoms in total. The van der Waals surface area contributed by atoms with Crippen LogP contribution in [0.4, 0.5) is 5.69 Å².